The molecule has 0 aromatic carbocycles. The first kappa shape index (κ1) is 21.6. The Morgan fingerprint density at radius 3 is 2.84 bits per heavy atom. The highest BCUT2D eigenvalue weighted by atomic mass is 16.6. The van der Waals surface area contributed by atoms with Crippen LogP contribution in [0.1, 0.15) is 33.1 Å². The number of nitrogens with two attached hydrogens (primary N) is 1. The van der Waals surface area contributed by atoms with Gasteiger partial charge in [-0.3, -0.25) is 9.89 Å². The number of piperazine rings is 1. The predicted molar refractivity (Wildman–Crippen MR) is 123 cm³/mol. The number of amides is 1. The summed E-state index contributed by atoms with van der Waals surface area (Å²) in [5.41, 5.74) is 7.67. The minimum Gasteiger partial charge on any atom is -0.450 e. The van der Waals surface area contributed by atoms with Crippen LogP contribution in [0.15, 0.2) is 35.1 Å². The van der Waals surface area contributed by atoms with Gasteiger partial charge in [0, 0.05) is 63.1 Å². The molecule has 0 unspecified atom stereocenters. The zero-order valence-electron chi connectivity index (χ0n) is 18.7. The van der Waals surface area contributed by atoms with Crippen molar-refractivity contribution in [1.82, 2.24) is 14.8 Å². The molecule has 1 aromatic rings. The van der Waals surface area contributed by atoms with Gasteiger partial charge in [0.05, 0.1) is 6.61 Å². The Morgan fingerprint density at radius 1 is 1.35 bits per heavy atom. The lowest BCUT2D eigenvalue weighted by molar-refractivity contribution is -0.00294. The maximum Gasteiger partial charge on any atom is 0.409 e. The SMILES string of the molecule is CCOC(=O)N1CC2(CC[C@@H](N3CCN(c4ncccc4N=CC(C)=CN)CC3)C2)C1. The normalized spacial score (nSPS) is 24.1. The molecule has 31 heavy (non-hydrogen) atoms. The van der Waals surface area contributed by atoms with Crippen LogP contribution < -0.4 is 10.6 Å². The fourth-order valence-corrected chi connectivity index (χ4v) is 5.13. The van der Waals surface area contributed by atoms with Gasteiger partial charge in [-0.25, -0.2) is 9.78 Å². The third kappa shape index (κ3) is 4.69. The van der Waals surface area contributed by atoms with E-state index in [-0.39, 0.29) is 6.09 Å². The molecule has 0 bridgehead atoms. The molecule has 3 aliphatic rings. The van der Waals surface area contributed by atoms with Crippen molar-refractivity contribution in [2.24, 2.45) is 16.1 Å². The number of nitrogens with zero attached hydrogens (tertiary/aromatic N) is 5. The van der Waals surface area contributed by atoms with E-state index in [1.54, 1.807) is 12.4 Å². The molecule has 2 aliphatic heterocycles. The fourth-order valence-electron chi connectivity index (χ4n) is 5.13. The lowest BCUT2D eigenvalue weighted by Gasteiger charge is -2.48. The first-order chi connectivity index (χ1) is 15.0. The van der Waals surface area contributed by atoms with E-state index < -0.39 is 0 Å². The van der Waals surface area contributed by atoms with Gasteiger partial charge in [0.2, 0.25) is 0 Å². The number of aromatic nitrogens is 1. The zero-order valence-corrected chi connectivity index (χ0v) is 18.7. The summed E-state index contributed by atoms with van der Waals surface area (Å²) in [6.45, 7) is 9.91. The molecule has 1 spiro atoms. The summed E-state index contributed by atoms with van der Waals surface area (Å²) in [6, 6.07) is 4.54. The smallest absolute Gasteiger partial charge is 0.409 e. The molecule has 3 fully saturated rings. The molecule has 8 nitrogen and oxygen atoms in total. The van der Waals surface area contributed by atoms with Crippen LogP contribution in [0.25, 0.3) is 0 Å². The van der Waals surface area contributed by atoms with E-state index in [0.29, 0.717) is 18.1 Å². The summed E-state index contributed by atoms with van der Waals surface area (Å²) < 4.78 is 5.14. The Labute approximate surface area is 184 Å². The summed E-state index contributed by atoms with van der Waals surface area (Å²) in [5, 5.41) is 0. The van der Waals surface area contributed by atoms with Crippen LogP contribution in [0.3, 0.4) is 0 Å². The molecule has 1 aromatic heterocycles. The first-order valence-electron chi connectivity index (χ1n) is 11.3. The Morgan fingerprint density at radius 2 is 2.13 bits per heavy atom. The lowest BCUT2D eigenvalue weighted by atomic mass is 9.78. The highest BCUT2D eigenvalue weighted by Crippen LogP contribution is 2.47. The van der Waals surface area contributed by atoms with Gasteiger partial charge in [-0.2, -0.15) is 0 Å². The van der Waals surface area contributed by atoms with Crippen LogP contribution >= 0.6 is 0 Å². The van der Waals surface area contributed by atoms with Gasteiger partial charge in [-0.15, -0.1) is 0 Å². The van der Waals surface area contributed by atoms with Crippen molar-refractivity contribution < 1.29 is 9.53 Å². The molecule has 3 heterocycles. The van der Waals surface area contributed by atoms with Crippen LogP contribution in [0.2, 0.25) is 0 Å². The van der Waals surface area contributed by atoms with Gasteiger partial charge in [0.15, 0.2) is 5.82 Å². The van der Waals surface area contributed by atoms with E-state index in [1.807, 2.05) is 37.1 Å². The van der Waals surface area contributed by atoms with E-state index in [1.165, 1.54) is 19.3 Å². The molecular weight excluding hydrogens is 392 g/mol. The summed E-state index contributed by atoms with van der Waals surface area (Å²) in [4.78, 5) is 27.9. The number of rotatable bonds is 5. The van der Waals surface area contributed by atoms with Gasteiger partial charge < -0.3 is 20.3 Å². The lowest BCUT2D eigenvalue weighted by Crippen LogP contribution is -2.58. The van der Waals surface area contributed by atoms with Crippen molar-refractivity contribution >= 4 is 23.8 Å². The summed E-state index contributed by atoms with van der Waals surface area (Å²) in [7, 11) is 0. The standard InChI is InChI=1S/C23H34N6O2/c1-3-31-22(30)29-16-23(17-29)7-6-19(13-23)27-9-11-28(12-10-27)21-20(5-4-8-25-21)26-15-18(2)14-24/h4-5,8,14-15,19H,3,6-7,9-13,16-17,24H2,1-2H3/t19-/m1/s1. The molecular formula is C23H34N6O2. The number of pyridine rings is 1. The van der Waals surface area contributed by atoms with Crippen LogP contribution in [0.5, 0.6) is 0 Å². The zero-order chi connectivity index (χ0) is 21.8. The number of allylic oxidation sites excluding steroid dienone is 1. The van der Waals surface area contributed by atoms with Crippen molar-refractivity contribution in [1.29, 1.82) is 0 Å². The minimum absolute atomic E-state index is 0.156. The van der Waals surface area contributed by atoms with Crippen molar-refractivity contribution in [3.05, 3.63) is 30.1 Å². The van der Waals surface area contributed by atoms with E-state index in [4.69, 9.17) is 10.5 Å². The van der Waals surface area contributed by atoms with Crippen LogP contribution in [0, 0.1) is 5.41 Å². The van der Waals surface area contributed by atoms with Crippen molar-refractivity contribution in [2.75, 3.05) is 50.8 Å². The van der Waals surface area contributed by atoms with Crippen molar-refractivity contribution in [3.63, 3.8) is 0 Å². The van der Waals surface area contributed by atoms with Crippen LogP contribution in [-0.4, -0.2) is 79.0 Å². The number of anilines is 1. The second kappa shape index (κ2) is 9.26. The molecule has 1 saturated carbocycles. The highest BCUT2D eigenvalue weighted by molar-refractivity contribution is 5.82. The molecule has 168 valence electrons. The number of hydrogen-bond donors (Lipinski definition) is 1. The highest BCUT2D eigenvalue weighted by Gasteiger charge is 2.51. The number of carbonyl (C=O) groups is 1. The van der Waals surface area contributed by atoms with Crippen molar-refractivity contribution in [2.45, 2.75) is 39.2 Å². The van der Waals surface area contributed by atoms with Crippen LogP contribution in [-0.2, 0) is 4.74 Å². The fraction of sp³-hybridized carbons (Fsp3) is 0.609. The summed E-state index contributed by atoms with van der Waals surface area (Å²) in [6.07, 6.45) is 8.64. The summed E-state index contributed by atoms with van der Waals surface area (Å²) in [5.74, 6) is 0.940. The Bertz CT molecular complexity index is 840. The monoisotopic (exact) mass is 426 g/mol. The molecule has 0 radical (unpaired) electrons. The predicted octanol–water partition coefficient (Wildman–Crippen LogP) is 2.78. The molecule has 2 saturated heterocycles. The second-order valence-corrected chi connectivity index (χ2v) is 8.99. The molecule has 8 heteroatoms. The maximum absolute atomic E-state index is 11.9. The average molecular weight is 427 g/mol. The van der Waals surface area contributed by atoms with Gasteiger partial charge in [0.25, 0.3) is 0 Å². The number of aliphatic imine (C=N–C) groups is 1. The Balaban J connectivity index is 1.31. The molecule has 1 aliphatic carbocycles. The van der Waals surface area contributed by atoms with Gasteiger partial charge in [-0.1, -0.05) is 0 Å². The molecule has 1 atom stereocenters. The largest absolute Gasteiger partial charge is 0.450 e. The van der Waals surface area contributed by atoms with Gasteiger partial charge >= 0.3 is 6.09 Å². The number of likely N-dealkylation sites (tertiary alicyclic amines) is 1. The maximum atomic E-state index is 11.9. The van der Waals surface area contributed by atoms with Gasteiger partial charge in [0.1, 0.15) is 5.69 Å². The van der Waals surface area contributed by atoms with Crippen molar-refractivity contribution in [3.8, 4) is 0 Å². The number of ether oxygens (including phenoxy) is 1. The Kier molecular flexibility index (Phi) is 6.46. The Hall–Kier alpha value is -2.61. The van der Waals surface area contributed by atoms with E-state index >= 15 is 0 Å². The second-order valence-electron chi connectivity index (χ2n) is 8.99. The third-order valence-electron chi connectivity index (χ3n) is 6.82. The summed E-state index contributed by atoms with van der Waals surface area (Å²) >= 11 is 0. The van der Waals surface area contributed by atoms with E-state index in [2.05, 4.69) is 19.8 Å². The van der Waals surface area contributed by atoms with E-state index in [0.717, 1.165) is 56.3 Å². The molecule has 2 N–H and O–H groups in total. The number of carbonyl (C=O) groups excluding carboxylic acids is 1. The first-order valence-corrected chi connectivity index (χ1v) is 11.3. The topological polar surface area (TPSA) is 87.3 Å². The molecule has 4 rings (SSSR count). The van der Waals surface area contributed by atoms with Crippen LogP contribution in [0.4, 0.5) is 16.3 Å². The molecule has 1 amide bonds. The van der Waals surface area contributed by atoms with E-state index in [9.17, 15) is 4.79 Å². The minimum atomic E-state index is -0.156. The average Bonchev–Trinajstić information content (AvgIpc) is 3.23. The number of hydrogen-bond acceptors (Lipinski definition) is 7. The quantitative estimate of drug-likeness (QED) is 0.729. The third-order valence-corrected chi connectivity index (χ3v) is 6.82. The van der Waals surface area contributed by atoms with Gasteiger partial charge in [-0.05, 0) is 57.0 Å².